The van der Waals surface area contributed by atoms with Gasteiger partial charge >= 0.3 is 0 Å². The molecule has 0 bridgehead atoms. The fourth-order valence-corrected chi connectivity index (χ4v) is 3.85. The monoisotopic (exact) mass is 256 g/mol. The molecule has 0 spiro atoms. The van der Waals surface area contributed by atoms with Gasteiger partial charge in [0.15, 0.2) is 0 Å². The summed E-state index contributed by atoms with van der Waals surface area (Å²) in [6.45, 7) is 0. The zero-order valence-corrected chi connectivity index (χ0v) is 10.8. The van der Waals surface area contributed by atoms with Gasteiger partial charge in [0.25, 0.3) is 0 Å². The number of hydrogen-bond donors (Lipinski definition) is 0. The highest BCUT2D eigenvalue weighted by atomic mass is 19.1. The van der Waals surface area contributed by atoms with Gasteiger partial charge in [0, 0.05) is 11.1 Å². The highest BCUT2D eigenvalue weighted by Gasteiger charge is 2.36. The molecule has 1 aliphatic heterocycles. The number of nitrogens with zero attached hydrogens (tertiary/aromatic N) is 2. The Labute approximate surface area is 112 Å². The van der Waals surface area contributed by atoms with E-state index in [1.54, 1.807) is 12.1 Å². The van der Waals surface area contributed by atoms with Crippen molar-refractivity contribution in [1.82, 2.24) is 9.55 Å². The van der Waals surface area contributed by atoms with E-state index in [4.69, 9.17) is 0 Å². The molecule has 1 aliphatic carbocycles. The molecule has 19 heavy (non-hydrogen) atoms. The molecular formula is C16H17FN2. The first-order valence-electron chi connectivity index (χ1n) is 7.17. The Hall–Kier alpha value is -1.64. The molecule has 0 N–H and O–H groups in total. The lowest BCUT2D eigenvalue weighted by molar-refractivity contribution is 0.281. The summed E-state index contributed by atoms with van der Waals surface area (Å²) < 4.78 is 16.5. The predicted octanol–water partition coefficient (Wildman–Crippen LogP) is 4.17. The minimum Gasteiger partial charge on any atom is -0.323 e. The van der Waals surface area contributed by atoms with Crippen molar-refractivity contribution in [2.75, 3.05) is 0 Å². The van der Waals surface area contributed by atoms with Crippen molar-refractivity contribution in [3.8, 4) is 11.3 Å². The van der Waals surface area contributed by atoms with Gasteiger partial charge in [-0.15, -0.1) is 0 Å². The number of hydrogen-bond acceptors (Lipinski definition) is 1. The summed E-state index contributed by atoms with van der Waals surface area (Å²) in [5, 5.41) is 0. The molecule has 4 rings (SSSR count). The molecule has 3 heteroatoms. The maximum atomic E-state index is 14.3. The molecule has 1 aromatic carbocycles. The first-order valence-corrected chi connectivity index (χ1v) is 7.17. The van der Waals surface area contributed by atoms with Crippen LogP contribution in [0.25, 0.3) is 11.3 Å². The average Bonchev–Trinajstić information content (AvgIpc) is 3.01. The van der Waals surface area contributed by atoms with Crippen molar-refractivity contribution in [2.45, 2.75) is 38.1 Å². The summed E-state index contributed by atoms with van der Waals surface area (Å²) in [5.74, 6) is 0.497. The van der Waals surface area contributed by atoms with Crippen LogP contribution >= 0.6 is 0 Å². The van der Waals surface area contributed by atoms with Crippen LogP contribution in [0.15, 0.2) is 30.7 Å². The maximum Gasteiger partial charge on any atom is 0.129 e. The number of imidazole rings is 1. The van der Waals surface area contributed by atoms with E-state index in [0.29, 0.717) is 5.92 Å². The smallest absolute Gasteiger partial charge is 0.129 e. The fraction of sp³-hybridized carbons (Fsp3) is 0.438. The SMILES string of the molecule is Fc1cccc2c1[C@@H](C1CCCCC1)n1cncc1-2. The van der Waals surface area contributed by atoms with E-state index in [9.17, 15) is 4.39 Å². The molecule has 2 nitrogen and oxygen atoms in total. The Morgan fingerprint density at radius 2 is 2.00 bits per heavy atom. The average molecular weight is 256 g/mol. The molecule has 1 saturated carbocycles. The van der Waals surface area contributed by atoms with Gasteiger partial charge in [-0.2, -0.15) is 0 Å². The standard InChI is InChI=1S/C16H17FN2/c17-13-8-4-7-12-14-9-18-10-19(14)16(15(12)13)11-5-2-1-3-6-11/h4,7-11,16H,1-3,5-6H2/t16-/m1/s1. The van der Waals surface area contributed by atoms with Gasteiger partial charge in [0.2, 0.25) is 0 Å². The predicted molar refractivity (Wildman–Crippen MR) is 72.3 cm³/mol. The quantitative estimate of drug-likeness (QED) is 0.748. The molecule has 0 unspecified atom stereocenters. The van der Waals surface area contributed by atoms with Crippen LogP contribution in [-0.2, 0) is 0 Å². The van der Waals surface area contributed by atoms with Crippen molar-refractivity contribution >= 4 is 0 Å². The van der Waals surface area contributed by atoms with Gasteiger partial charge in [-0.3, -0.25) is 0 Å². The van der Waals surface area contributed by atoms with Crippen molar-refractivity contribution in [3.05, 3.63) is 42.1 Å². The molecule has 2 aliphatic rings. The van der Waals surface area contributed by atoms with Crippen LogP contribution in [0.3, 0.4) is 0 Å². The molecule has 1 atom stereocenters. The first kappa shape index (κ1) is 11.2. The number of benzene rings is 1. The molecule has 1 fully saturated rings. The fourth-order valence-electron chi connectivity index (χ4n) is 3.85. The van der Waals surface area contributed by atoms with Gasteiger partial charge in [0.1, 0.15) is 5.82 Å². The number of fused-ring (bicyclic) bond motifs is 3. The molecular weight excluding hydrogens is 239 g/mol. The molecule has 0 saturated heterocycles. The lowest BCUT2D eigenvalue weighted by Gasteiger charge is -2.29. The van der Waals surface area contributed by atoms with Crippen molar-refractivity contribution in [2.24, 2.45) is 5.92 Å². The number of aromatic nitrogens is 2. The highest BCUT2D eigenvalue weighted by Crippen LogP contribution is 2.47. The largest absolute Gasteiger partial charge is 0.323 e. The molecule has 1 aromatic heterocycles. The Balaban J connectivity index is 1.87. The molecule has 0 amide bonds. The van der Waals surface area contributed by atoms with Crippen molar-refractivity contribution in [3.63, 3.8) is 0 Å². The van der Waals surface area contributed by atoms with Crippen LogP contribution in [0.4, 0.5) is 4.39 Å². The second-order valence-electron chi connectivity index (χ2n) is 5.73. The second kappa shape index (κ2) is 4.19. The Morgan fingerprint density at radius 1 is 1.16 bits per heavy atom. The van der Waals surface area contributed by atoms with E-state index >= 15 is 0 Å². The molecule has 0 radical (unpaired) electrons. The second-order valence-corrected chi connectivity index (χ2v) is 5.73. The molecule has 2 aromatic rings. The van der Waals surface area contributed by atoms with Crippen LogP contribution in [0.2, 0.25) is 0 Å². The van der Waals surface area contributed by atoms with Crippen molar-refractivity contribution in [1.29, 1.82) is 0 Å². The third kappa shape index (κ3) is 1.57. The van der Waals surface area contributed by atoms with Crippen LogP contribution < -0.4 is 0 Å². The number of halogens is 1. The van der Waals surface area contributed by atoms with Crippen LogP contribution in [-0.4, -0.2) is 9.55 Å². The third-order valence-electron chi connectivity index (χ3n) is 4.69. The first-order chi connectivity index (χ1) is 9.36. The summed E-state index contributed by atoms with van der Waals surface area (Å²) >= 11 is 0. The minimum absolute atomic E-state index is 0.0585. The molecule has 2 heterocycles. The zero-order valence-electron chi connectivity index (χ0n) is 10.8. The van der Waals surface area contributed by atoms with Gasteiger partial charge in [0.05, 0.1) is 24.3 Å². The van der Waals surface area contributed by atoms with Gasteiger partial charge < -0.3 is 4.57 Å². The van der Waals surface area contributed by atoms with Crippen molar-refractivity contribution < 1.29 is 4.39 Å². The number of rotatable bonds is 1. The van der Waals surface area contributed by atoms with Gasteiger partial charge in [-0.05, 0) is 24.8 Å². The molecule has 98 valence electrons. The maximum absolute atomic E-state index is 14.3. The Kier molecular flexibility index (Phi) is 2.47. The minimum atomic E-state index is -0.0585. The zero-order chi connectivity index (χ0) is 12.8. The van der Waals surface area contributed by atoms with Crippen LogP contribution in [0.1, 0.15) is 43.7 Å². The summed E-state index contributed by atoms with van der Waals surface area (Å²) in [6.07, 6.45) is 10.0. The van der Waals surface area contributed by atoms with Gasteiger partial charge in [-0.25, -0.2) is 9.37 Å². The topological polar surface area (TPSA) is 17.8 Å². The summed E-state index contributed by atoms with van der Waals surface area (Å²) in [4.78, 5) is 4.26. The van der Waals surface area contributed by atoms with E-state index < -0.39 is 0 Å². The summed E-state index contributed by atoms with van der Waals surface area (Å²) in [5.41, 5.74) is 3.00. The van der Waals surface area contributed by atoms with E-state index in [0.717, 1.165) is 16.8 Å². The Bertz CT molecular complexity index is 611. The van der Waals surface area contributed by atoms with Crippen LogP contribution in [0.5, 0.6) is 0 Å². The normalized spacial score (nSPS) is 22.3. The Morgan fingerprint density at radius 3 is 2.84 bits per heavy atom. The van der Waals surface area contributed by atoms with Gasteiger partial charge in [-0.1, -0.05) is 31.4 Å². The highest BCUT2D eigenvalue weighted by molar-refractivity contribution is 5.69. The third-order valence-corrected chi connectivity index (χ3v) is 4.69. The summed E-state index contributed by atoms with van der Waals surface area (Å²) in [6, 6.07) is 5.58. The van der Waals surface area contributed by atoms with E-state index in [1.165, 1.54) is 32.1 Å². The van der Waals surface area contributed by atoms with E-state index in [2.05, 4.69) is 9.55 Å². The van der Waals surface area contributed by atoms with E-state index in [1.807, 2.05) is 18.6 Å². The van der Waals surface area contributed by atoms with E-state index in [-0.39, 0.29) is 11.9 Å². The lowest BCUT2D eigenvalue weighted by Crippen LogP contribution is -2.20. The lowest BCUT2D eigenvalue weighted by atomic mass is 9.81. The summed E-state index contributed by atoms with van der Waals surface area (Å²) in [7, 11) is 0. The van der Waals surface area contributed by atoms with Crippen LogP contribution in [0, 0.1) is 11.7 Å².